The van der Waals surface area contributed by atoms with E-state index in [2.05, 4.69) is 19.1 Å². The Morgan fingerprint density at radius 3 is 2.43 bits per heavy atom. The summed E-state index contributed by atoms with van der Waals surface area (Å²) in [6, 6.07) is 10.7. The molecule has 5 heteroatoms. The Kier molecular flexibility index (Phi) is 2.97. The molecule has 21 heavy (non-hydrogen) atoms. The molecule has 0 aliphatic carbocycles. The number of fused-ring (bicyclic) bond motifs is 1. The molecule has 0 radical (unpaired) electrons. The van der Waals surface area contributed by atoms with E-state index in [0.29, 0.717) is 0 Å². The number of nitrogens with zero attached hydrogens (tertiary/aromatic N) is 3. The summed E-state index contributed by atoms with van der Waals surface area (Å²) in [6.45, 7) is 4.10. The first kappa shape index (κ1) is 13.3. The summed E-state index contributed by atoms with van der Waals surface area (Å²) >= 11 is 0. The quantitative estimate of drug-likeness (QED) is 0.530. The molecule has 106 valence electrons. The molecule has 0 aliphatic heterocycles. The largest absolute Gasteiger partial charge is 0.327 e. The first-order valence-electron chi connectivity index (χ1n) is 6.66. The number of non-ortho nitro benzene ring substituents is 1. The summed E-state index contributed by atoms with van der Waals surface area (Å²) in [5.41, 5.74) is 5.32. The third kappa shape index (κ3) is 2.16. The Hall–Kier alpha value is -2.69. The fraction of sp³-hybridized carbons (Fsp3) is 0.188. The number of aromatic nitrogens is 2. The van der Waals surface area contributed by atoms with Crippen LogP contribution in [0.5, 0.6) is 0 Å². The molecule has 0 atom stereocenters. The molecule has 0 unspecified atom stereocenters. The Labute approximate surface area is 122 Å². The zero-order chi connectivity index (χ0) is 15.1. The Morgan fingerprint density at radius 2 is 1.81 bits per heavy atom. The van der Waals surface area contributed by atoms with Crippen molar-refractivity contribution < 1.29 is 4.92 Å². The van der Waals surface area contributed by atoms with E-state index in [4.69, 9.17) is 4.98 Å². The normalized spacial score (nSPS) is 11.0. The van der Waals surface area contributed by atoms with Gasteiger partial charge in [-0.3, -0.25) is 10.1 Å². The van der Waals surface area contributed by atoms with Crippen LogP contribution in [0.15, 0.2) is 36.4 Å². The molecule has 0 saturated heterocycles. The molecule has 3 aromatic rings. The molecule has 5 nitrogen and oxygen atoms in total. The van der Waals surface area contributed by atoms with Gasteiger partial charge in [-0.2, -0.15) is 0 Å². The van der Waals surface area contributed by atoms with Crippen LogP contribution >= 0.6 is 0 Å². The van der Waals surface area contributed by atoms with Gasteiger partial charge in [0.05, 0.1) is 16.0 Å². The van der Waals surface area contributed by atoms with E-state index in [1.807, 2.05) is 18.5 Å². The van der Waals surface area contributed by atoms with Crippen LogP contribution in [0.25, 0.3) is 22.4 Å². The minimum absolute atomic E-state index is 0.0875. The van der Waals surface area contributed by atoms with Gasteiger partial charge in [0.15, 0.2) is 0 Å². The monoisotopic (exact) mass is 281 g/mol. The number of benzene rings is 2. The molecule has 0 N–H and O–H groups in total. The van der Waals surface area contributed by atoms with Gasteiger partial charge < -0.3 is 4.57 Å². The van der Waals surface area contributed by atoms with Gasteiger partial charge in [0.25, 0.3) is 5.69 Å². The lowest BCUT2D eigenvalue weighted by Crippen LogP contribution is -1.93. The summed E-state index contributed by atoms with van der Waals surface area (Å²) in [5, 5.41) is 10.7. The minimum atomic E-state index is -0.397. The van der Waals surface area contributed by atoms with Gasteiger partial charge in [0, 0.05) is 24.7 Å². The zero-order valence-electron chi connectivity index (χ0n) is 12.1. The summed E-state index contributed by atoms with van der Waals surface area (Å²) < 4.78 is 2.02. The van der Waals surface area contributed by atoms with Crippen LogP contribution in [-0.4, -0.2) is 14.5 Å². The predicted molar refractivity (Wildman–Crippen MR) is 82.3 cm³/mol. The highest BCUT2D eigenvalue weighted by molar-refractivity contribution is 5.84. The van der Waals surface area contributed by atoms with Gasteiger partial charge in [-0.15, -0.1) is 0 Å². The number of imidazole rings is 1. The van der Waals surface area contributed by atoms with Gasteiger partial charge in [-0.1, -0.05) is 6.07 Å². The fourth-order valence-corrected chi connectivity index (χ4v) is 2.62. The molecule has 0 amide bonds. The van der Waals surface area contributed by atoms with Crippen LogP contribution in [0, 0.1) is 24.0 Å². The van der Waals surface area contributed by atoms with E-state index < -0.39 is 4.92 Å². The summed E-state index contributed by atoms with van der Waals surface area (Å²) in [4.78, 5) is 15.0. The Bertz CT molecular complexity index is 848. The summed E-state index contributed by atoms with van der Waals surface area (Å²) in [7, 11) is 1.96. The molecule has 2 aromatic carbocycles. The molecular formula is C16H15N3O2. The standard InChI is InChI=1S/C16H15N3O2/c1-10-8-11(2)15-14(9-10)18(3)16(17-15)12-4-6-13(7-5-12)19(20)21/h4-9H,1-3H3. The van der Waals surface area contributed by atoms with Crippen molar-refractivity contribution in [1.29, 1.82) is 0 Å². The molecule has 3 rings (SSSR count). The van der Waals surface area contributed by atoms with Crippen LogP contribution in [0.3, 0.4) is 0 Å². The van der Waals surface area contributed by atoms with Gasteiger partial charge in [0.1, 0.15) is 5.82 Å². The lowest BCUT2D eigenvalue weighted by molar-refractivity contribution is -0.384. The highest BCUT2D eigenvalue weighted by Gasteiger charge is 2.13. The second-order valence-corrected chi connectivity index (χ2v) is 5.25. The molecule has 0 saturated carbocycles. The molecule has 0 fully saturated rings. The van der Waals surface area contributed by atoms with Crippen LogP contribution in [-0.2, 0) is 7.05 Å². The number of rotatable bonds is 2. The molecular weight excluding hydrogens is 266 g/mol. The second-order valence-electron chi connectivity index (χ2n) is 5.25. The van der Waals surface area contributed by atoms with E-state index in [1.54, 1.807) is 12.1 Å². The maximum Gasteiger partial charge on any atom is 0.269 e. The van der Waals surface area contributed by atoms with Crippen molar-refractivity contribution >= 4 is 16.7 Å². The fourth-order valence-electron chi connectivity index (χ4n) is 2.62. The maximum atomic E-state index is 10.7. The van der Waals surface area contributed by atoms with Crippen molar-refractivity contribution in [2.45, 2.75) is 13.8 Å². The number of nitro benzene ring substituents is 1. The smallest absolute Gasteiger partial charge is 0.269 e. The van der Waals surface area contributed by atoms with Gasteiger partial charge in [-0.25, -0.2) is 4.98 Å². The Balaban J connectivity index is 2.18. The average molecular weight is 281 g/mol. The van der Waals surface area contributed by atoms with Crippen LogP contribution in [0.2, 0.25) is 0 Å². The predicted octanol–water partition coefficient (Wildman–Crippen LogP) is 3.77. The van der Waals surface area contributed by atoms with Gasteiger partial charge in [0.2, 0.25) is 0 Å². The van der Waals surface area contributed by atoms with E-state index in [9.17, 15) is 10.1 Å². The first-order chi connectivity index (χ1) is 9.97. The summed E-state index contributed by atoms with van der Waals surface area (Å²) in [5.74, 6) is 0.814. The molecule has 0 spiro atoms. The lowest BCUT2D eigenvalue weighted by atomic mass is 10.1. The van der Waals surface area contributed by atoms with Crippen molar-refractivity contribution in [1.82, 2.24) is 9.55 Å². The van der Waals surface area contributed by atoms with Crippen molar-refractivity contribution in [3.8, 4) is 11.4 Å². The number of aryl methyl sites for hydroxylation is 3. The SMILES string of the molecule is Cc1cc(C)c2nc(-c3ccc([N+](=O)[O-])cc3)n(C)c2c1. The highest BCUT2D eigenvalue weighted by Crippen LogP contribution is 2.27. The first-order valence-corrected chi connectivity index (χ1v) is 6.66. The number of hydrogen-bond acceptors (Lipinski definition) is 3. The zero-order valence-corrected chi connectivity index (χ0v) is 12.1. The molecule has 1 aromatic heterocycles. The molecule has 1 heterocycles. The van der Waals surface area contributed by atoms with Crippen molar-refractivity contribution in [3.63, 3.8) is 0 Å². The third-order valence-corrected chi connectivity index (χ3v) is 3.66. The second kappa shape index (κ2) is 4.70. The lowest BCUT2D eigenvalue weighted by Gasteiger charge is -2.03. The van der Waals surface area contributed by atoms with E-state index in [0.717, 1.165) is 28.0 Å². The topological polar surface area (TPSA) is 61.0 Å². The van der Waals surface area contributed by atoms with E-state index >= 15 is 0 Å². The minimum Gasteiger partial charge on any atom is -0.327 e. The highest BCUT2D eigenvalue weighted by atomic mass is 16.6. The number of hydrogen-bond donors (Lipinski definition) is 0. The molecule has 0 bridgehead atoms. The van der Waals surface area contributed by atoms with Crippen LogP contribution in [0.1, 0.15) is 11.1 Å². The van der Waals surface area contributed by atoms with Gasteiger partial charge >= 0.3 is 0 Å². The van der Waals surface area contributed by atoms with Crippen molar-refractivity contribution in [2.24, 2.45) is 7.05 Å². The van der Waals surface area contributed by atoms with Crippen LogP contribution < -0.4 is 0 Å². The van der Waals surface area contributed by atoms with E-state index in [-0.39, 0.29) is 5.69 Å². The summed E-state index contributed by atoms with van der Waals surface area (Å²) in [6.07, 6.45) is 0. The van der Waals surface area contributed by atoms with Crippen molar-refractivity contribution in [3.05, 3.63) is 57.6 Å². The van der Waals surface area contributed by atoms with Crippen LogP contribution in [0.4, 0.5) is 5.69 Å². The Morgan fingerprint density at radius 1 is 1.14 bits per heavy atom. The van der Waals surface area contributed by atoms with Crippen molar-refractivity contribution in [2.75, 3.05) is 0 Å². The van der Waals surface area contributed by atoms with Gasteiger partial charge in [-0.05, 0) is 43.2 Å². The molecule has 0 aliphatic rings. The average Bonchev–Trinajstić information content (AvgIpc) is 2.77. The number of nitro groups is 1. The maximum absolute atomic E-state index is 10.7. The third-order valence-electron chi connectivity index (χ3n) is 3.66. The van der Waals surface area contributed by atoms with E-state index in [1.165, 1.54) is 17.7 Å².